The van der Waals surface area contributed by atoms with E-state index < -0.39 is 15.7 Å². The number of carbonyl (C=O) groups excluding carboxylic acids is 1. The number of sulfone groups is 1. The van der Waals surface area contributed by atoms with E-state index in [4.69, 9.17) is 0 Å². The van der Waals surface area contributed by atoms with Gasteiger partial charge in [-0.1, -0.05) is 54.2 Å². The molecule has 1 amide bonds. The van der Waals surface area contributed by atoms with E-state index in [-0.39, 0.29) is 29.2 Å². The molecule has 4 rings (SSSR count). The molecule has 0 bridgehead atoms. The lowest BCUT2D eigenvalue weighted by Gasteiger charge is -2.26. The number of benzene rings is 2. The van der Waals surface area contributed by atoms with Gasteiger partial charge in [-0.2, -0.15) is 0 Å². The van der Waals surface area contributed by atoms with Gasteiger partial charge in [0.2, 0.25) is 5.91 Å². The van der Waals surface area contributed by atoms with E-state index in [1.807, 2.05) is 41.8 Å². The summed E-state index contributed by atoms with van der Waals surface area (Å²) in [5.74, 6) is 0.0679. The maximum Gasteiger partial charge on any atom is 0.233 e. The Morgan fingerprint density at radius 3 is 2.55 bits per heavy atom. The zero-order chi connectivity index (χ0) is 23.4. The molecule has 2 heterocycles. The molecule has 2 aromatic carbocycles. The van der Waals surface area contributed by atoms with Gasteiger partial charge in [0.1, 0.15) is 5.82 Å². The fraction of sp³-hybridized carbons (Fsp3) is 0.348. The van der Waals surface area contributed by atoms with Crippen LogP contribution < -0.4 is 0 Å². The first-order chi connectivity index (χ1) is 15.9. The van der Waals surface area contributed by atoms with Crippen molar-refractivity contribution in [3.63, 3.8) is 0 Å². The van der Waals surface area contributed by atoms with Gasteiger partial charge in [0, 0.05) is 12.6 Å². The Morgan fingerprint density at radius 2 is 1.88 bits per heavy atom. The normalized spacial score (nSPS) is 17.2. The zero-order valence-electron chi connectivity index (χ0n) is 18.2. The van der Waals surface area contributed by atoms with E-state index in [9.17, 15) is 17.6 Å². The van der Waals surface area contributed by atoms with Gasteiger partial charge in [0.05, 0.1) is 29.4 Å². The fourth-order valence-corrected chi connectivity index (χ4v) is 6.57. The summed E-state index contributed by atoms with van der Waals surface area (Å²) in [7, 11) is -3.09. The predicted molar refractivity (Wildman–Crippen MR) is 126 cm³/mol. The summed E-state index contributed by atoms with van der Waals surface area (Å²) < 4.78 is 40.0. The van der Waals surface area contributed by atoms with E-state index in [2.05, 4.69) is 10.2 Å². The Hall–Kier alpha value is -2.72. The Balaban J connectivity index is 1.57. The Labute approximate surface area is 196 Å². The van der Waals surface area contributed by atoms with E-state index in [0.29, 0.717) is 36.1 Å². The molecule has 1 saturated heterocycles. The third-order valence-corrected chi connectivity index (χ3v) is 8.35. The van der Waals surface area contributed by atoms with Crippen LogP contribution in [0.25, 0.3) is 11.4 Å². The molecule has 10 heteroatoms. The predicted octanol–water partition coefficient (Wildman–Crippen LogP) is 3.26. The molecule has 1 aliphatic heterocycles. The molecule has 0 N–H and O–H groups in total. The van der Waals surface area contributed by atoms with E-state index in [0.717, 1.165) is 5.56 Å². The summed E-state index contributed by atoms with van der Waals surface area (Å²) >= 11 is 1.22. The Kier molecular flexibility index (Phi) is 7.14. The number of amides is 1. The zero-order valence-corrected chi connectivity index (χ0v) is 19.9. The van der Waals surface area contributed by atoms with Crippen molar-refractivity contribution in [1.29, 1.82) is 0 Å². The minimum Gasteiger partial charge on any atom is -0.338 e. The average Bonchev–Trinajstić information content (AvgIpc) is 3.36. The van der Waals surface area contributed by atoms with Crippen LogP contribution in [0.2, 0.25) is 0 Å². The van der Waals surface area contributed by atoms with E-state index in [1.165, 1.54) is 17.8 Å². The molecule has 7 nitrogen and oxygen atoms in total. The first-order valence-corrected chi connectivity index (χ1v) is 13.5. The van der Waals surface area contributed by atoms with Crippen LogP contribution in [0.3, 0.4) is 0 Å². The summed E-state index contributed by atoms with van der Waals surface area (Å²) in [4.78, 5) is 14.6. The summed E-state index contributed by atoms with van der Waals surface area (Å²) in [6, 6.07) is 15.8. The van der Waals surface area contributed by atoms with Crippen molar-refractivity contribution in [1.82, 2.24) is 19.7 Å². The van der Waals surface area contributed by atoms with Crippen molar-refractivity contribution < 1.29 is 17.6 Å². The lowest BCUT2D eigenvalue weighted by atomic mass is 10.2. The van der Waals surface area contributed by atoms with Crippen molar-refractivity contribution >= 4 is 27.5 Å². The van der Waals surface area contributed by atoms with Gasteiger partial charge in [0.15, 0.2) is 20.8 Å². The van der Waals surface area contributed by atoms with Crippen molar-refractivity contribution in [2.75, 3.05) is 23.8 Å². The minimum atomic E-state index is -3.09. The maximum absolute atomic E-state index is 14.5. The molecule has 1 atom stereocenters. The minimum absolute atomic E-state index is 0.0128. The first kappa shape index (κ1) is 23.4. The largest absolute Gasteiger partial charge is 0.338 e. The van der Waals surface area contributed by atoms with Gasteiger partial charge in [-0.25, -0.2) is 12.8 Å². The van der Waals surface area contributed by atoms with E-state index in [1.54, 1.807) is 23.1 Å². The van der Waals surface area contributed by atoms with Gasteiger partial charge >= 0.3 is 0 Å². The summed E-state index contributed by atoms with van der Waals surface area (Å²) in [6.07, 6.45) is 0.466. The highest BCUT2D eigenvalue weighted by atomic mass is 32.2. The van der Waals surface area contributed by atoms with Crippen LogP contribution in [0.5, 0.6) is 0 Å². The van der Waals surface area contributed by atoms with Crippen molar-refractivity contribution in [3.05, 3.63) is 66.0 Å². The molecule has 3 aromatic rings. The number of halogens is 1. The van der Waals surface area contributed by atoms with Crippen molar-refractivity contribution in [2.24, 2.45) is 0 Å². The number of hydrogen-bond donors (Lipinski definition) is 0. The smallest absolute Gasteiger partial charge is 0.233 e. The van der Waals surface area contributed by atoms with Crippen LogP contribution in [-0.2, 0) is 21.2 Å². The van der Waals surface area contributed by atoms with E-state index >= 15 is 0 Å². The van der Waals surface area contributed by atoms with Crippen LogP contribution in [0.1, 0.15) is 18.9 Å². The molecule has 0 radical (unpaired) electrons. The molecule has 1 aliphatic rings. The fourth-order valence-electron chi connectivity index (χ4n) is 4.01. The van der Waals surface area contributed by atoms with Crippen LogP contribution in [0, 0.1) is 5.82 Å². The summed E-state index contributed by atoms with van der Waals surface area (Å²) in [5.41, 5.74) is 1.33. The molecule has 0 saturated carbocycles. The van der Waals surface area contributed by atoms with Crippen LogP contribution >= 0.6 is 11.8 Å². The lowest BCUT2D eigenvalue weighted by Crippen LogP contribution is -2.42. The third-order valence-electron chi connectivity index (χ3n) is 5.65. The molecule has 1 aromatic heterocycles. The van der Waals surface area contributed by atoms with Crippen LogP contribution in [-0.4, -0.2) is 63.8 Å². The Bertz CT molecular complexity index is 1230. The number of hydrogen-bond acceptors (Lipinski definition) is 6. The number of thioether (sulfide) groups is 1. The first-order valence-electron chi connectivity index (χ1n) is 10.7. The molecule has 33 heavy (non-hydrogen) atoms. The molecule has 0 unspecified atom stereocenters. The van der Waals surface area contributed by atoms with Crippen LogP contribution in [0.15, 0.2) is 59.8 Å². The highest BCUT2D eigenvalue weighted by Crippen LogP contribution is 2.28. The summed E-state index contributed by atoms with van der Waals surface area (Å²) in [5, 5.41) is 8.98. The number of aromatic nitrogens is 3. The van der Waals surface area contributed by atoms with Crippen molar-refractivity contribution in [2.45, 2.75) is 31.1 Å². The lowest BCUT2D eigenvalue weighted by molar-refractivity contribution is -0.129. The van der Waals surface area contributed by atoms with Gasteiger partial charge in [-0.15, -0.1) is 10.2 Å². The van der Waals surface area contributed by atoms with Gasteiger partial charge < -0.3 is 4.90 Å². The van der Waals surface area contributed by atoms with Crippen molar-refractivity contribution in [3.8, 4) is 11.4 Å². The highest BCUT2D eigenvalue weighted by molar-refractivity contribution is 7.99. The van der Waals surface area contributed by atoms with Gasteiger partial charge in [-0.05, 0) is 31.0 Å². The standard InChI is InChI=1S/C23H25FN4O3S2/c1-2-27(18-12-13-33(30,31)16-18)21(29)15-32-23-26-25-22(19-10-6-7-11-20(19)24)28(23)14-17-8-4-3-5-9-17/h3-11,18H,2,12-16H2,1H3/t18-/m1/s1. The molecule has 0 aliphatic carbocycles. The quantitative estimate of drug-likeness (QED) is 0.453. The number of carbonyl (C=O) groups is 1. The molecule has 1 fully saturated rings. The second-order valence-corrected chi connectivity index (χ2v) is 11.1. The second kappa shape index (κ2) is 10.0. The molecular formula is C23H25FN4O3S2. The average molecular weight is 489 g/mol. The number of nitrogens with zero attached hydrogens (tertiary/aromatic N) is 4. The van der Waals surface area contributed by atoms with Crippen LogP contribution in [0.4, 0.5) is 4.39 Å². The molecule has 0 spiro atoms. The second-order valence-electron chi connectivity index (χ2n) is 7.88. The topological polar surface area (TPSA) is 85.2 Å². The molecular weight excluding hydrogens is 463 g/mol. The summed E-state index contributed by atoms with van der Waals surface area (Å²) in [6.45, 7) is 2.71. The highest BCUT2D eigenvalue weighted by Gasteiger charge is 2.34. The Morgan fingerprint density at radius 1 is 1.15 bits per heavy atom. The maximum atomic E-state index is 14.5. The SMILES string of the molecule is CCN(C(=O)CSc1nnc(-c2ccccc2F)n1Cc1ccccc1)[C@@H]1CCS(=O)(=O)C1. The monoisotopic (exact) mass is 488 g/mol. The third kappa shape index (κ3) is 5.44. The molecule has 174 valence electrons. The van der Waals surface area contributed by atoms with Gasteiger partial charge in [0.25, 0.3) is 0 Å². The van der Waals surface area contributed by atoms with Gasteiger partial charge in [-0.3, -0.25) is 9.36 Å². The number of rotatable bonds is 8.